The van der Waals surface area contributed by atoms with E-state index < -0.39 is 0 Å². The van der Waals surface area contributed by atoms with Gasteiger partial charge in [0.1, 0.15) is 11.5 Å². The summed E-state index contributed by atoms with van der Waals surface area (Å²) in [5.74, 6) is 0.749. The zero-order valence-electron chi connectivity index (χ0n) is 11.4. The Morgan fingerprint density at radius 2 is 2.05 bits per heavy atom. The number of rotatable bonds is 5. The molecular weight excluding hydrogens is 266 g/mol. The van der Waals surface area contributed by atoms with E-state index in [0.29, 0.717) is 12.2 Å². The lowest BCUT2D eigenvalue weighted by Crippen LogP contribution is -2.25. The van der Waals surface area contributed by atoms with Crippen molar-refractivity contribution >= 4 is 11.6 Å². The van der Waals surface area contributed by atoms with Crippen LogP contribution >= 0.6 is 0 Å². The van der Waals surface area contributed by atoms with Gasteiger partial charge in [-0.05, 0) is 30.7 Å². The number of aryl methyl sites for hydroxylation is 1. The van der Waals surface area contributed by atoms with Gasteiger partial charge in [-0.15, -0.1) is 10.2 Å². The number of pyridine rings is 2. The summed E-state index contributed by atoms with van der Waals surface area (Å²) in [7, 11) is 0. The first-order chi connectivity index (χ1) is 10.3. The standard InChI is InChI=1S/C15H15N5O/c21-15(12-6-1-3-9-16-12)17-10-5-8-14-19-18-13-7-2-4-11-20(13)14/h1-4,6-7,9,11H,5,8,10H2,(H,17,21). The van der Waals surface area contributed by atoms with Crippen molar-refractivity contribution in [1.29, 1.82) is 0 Å². The highest BCUT2D eigenvalue weighted by molar-refractivity contribution is 5.92. The van der Waals surface area contributed by atoms with Crippen LogP contribution in [0.4, 0.5) is 0 Å². The van der Waals surface area contributed by atoms with Crippen LogP contribution in [0.25, 0.3) is 5.65 Å². The average molecular weight is 281 g/mol. The van der Waals surface area contributed by atoms with Crippen LogP contribution in [0.15, 0.2) is 48.8 Å². The summed E-state index contributed by atoms with van der Waals surface area (Å²) in [5, 5.41) is 11.1. The van der Waals surface area contributed by atoms with Gasteiger partial charge in [0.05, 0.1) is 0 Å². The molecule has 0 unspecified atom stereocenters. The Balaban J connectivity index is 1.52. The lowest BCUT2D eigenvalue weighted by molar-refractivity contribution is 0.0948. The SMILES string of the molecule is O=C(NCCCc1nnc2ccccn12)c1ccccn1. The van der Waals surface area contributed by atoms with Crippen LogP contribution in [0.1, 0.15) is 22.7 Å². The van der Waals surface area contributed by atoms with Crippen molar-refractivity contribution in [3.63, 3.8) is 0 Å². The smallest absolute Gasteiger partial charge is 0.269 e. The maximum Gasteiger partial charge on any atom is 0.269 e. The van der Waals surface area contributed by atoms with Crippen LogP contribution in [0, 0.1) is 0 Å². The molecule has 106 valence electrons. The van der Waals surface area contributed by atoms with Crippen molar-refractivity contribution in [3.05, 3.63) is 60.3 Å². The Morgan fingerprint density at radius 3 is 2.90 bits per heavy atom. The summed E-state index contributed by atoms with van der Waals surface area (Å²) in [6.07, 6.45) is 5.11. The molecule has 0 atom stereocenters. The number of carbonyl (C=O) groups excluding carboxylic acids is 1. The second kappa shape index (κ2) is 6.13. The molecule has 0 aliphatic rings. The van der Waals surface area contributed by atoms with Gasteiger partial charge >= 0.3 is 0 Å². The molecule has 0 radical (unpaired) electrons. The Labute approximate surface area is 121 Å². The van der Waals surface area contributed by atoms with E-state index in [-0.39, 0.29) is 5.91 Å². The third kappa shape index (κ3) is 3.05. The number of nitrogens with zero attached hydrogens (tertiary/aromatic N) is 4. The highest BCUT2D eigenvalue weighted by Crippen LogP contribution is 2.04. The predicted octanol–water partition coefficient (Wildman–Crippen LogP) is 1.49. The van der Waals surface area contributed by atoms with Gasteiger partial charge in [-0.25, -0.2) is 0 Å². The van der Waals surface area contributed by atoms with Crippen LogP contribution in [-0.4, -0.2) is 32.0 Å². The summed E-state index contributed by atoms with van der Waals surface area (Å²) < 4.78 is 1.96. The van der Waals surface area contributed by atoms with Crippen molar-refractivity contribution in [1.82, 2.24) is 24.9 Å². The highest BCUT2D eigenvalue weighted by atomic mass is 16.1. The van der Waals surface area contributed by atoms with E-state index in [4.69, 9.17) is 0 Å². The Morgan fingerprint density at radius 1 is 1.14 bits per heavy atom. The molecule has 3 aromatic rings. The summed E-state index contributed by atoms with van der Waals surface area (Å²) >= 11 is 0. The van der Waals surface area contributed by atoms with Gasteiger partial charge in [0.15, 0.2) is 5.65 Å². The molecule has 3 aromatic heterocycles. The summed E-state index contributed by atoms with van der Waals surface area (Å²) in [6.45, 7) is 0.581. The van der Waals surface area contributed by atoms with E-state index in [1.54, 1.807) is 24.4 Å². The molecule has 0 aliphatic heterocycles. The highest BCUT2D eigenvalue weighted by Gasteiger charge is 2.06. The fourth-order valence-corrected chi connectivity index (χ4v) is 2.10. The lowest BCUT2D eigenvalue weighted by Gasteiger charge is -2.04. The van der Waals surface area contributed by atoms with Gasteiger partial charge in [0.25, 0.3) is 5.91 Å². The molecule has 3 heterocycles. The van der Waals surface area contributed by atoms with Crippen molar-refractivity contribution < 1.29 is 4.79 Å². The minimum absolute atomic E-state index is 0.151. The average Bonchev–Trinajstić information content (AvgIpc) is 2.95. The topological polar surface area (TPSA) is 72.2 Å². The van der Waals surface area contributed by atoms with Gasteiger partial charge in [0, 0.05) is 25.4 Å². The normalized spacial score (nSPS) is 10.7. The first-order valence-corrected chi connectivity index (χ1v) is 6.82. The van der Waals surface area contributed by atoms with Crippen molar-refractivity contribution in [2.45, 2.75) is 12.8 Å². The van der Waals surface area contributed by atoms with Crippen LogP contribution in [-0.2, 0) is 6.42 Å². The second-order valence-corrected chi connectivity index (χ2v) is 4.62. The number of carbonyl (C=O) groups is 1. The zero-order valence-corrected chi connectivity index (χ0v) is 11.4. The van der Waals surface area contributed by atoms with E-state index in [1.807, 2.05) is 28.8 Å². The number of amides is 1. The van der Waals surface area contributed by atoms with Crippen molar-refractivity contribution in [2.24, 2.45) is 0 Å². The molecule has 0 saturated heterocycles. The zero-order chi connectivity index (χ0) is 14.5. The maximum absolute atomic E-state index is 11.8. The van der Waals surface area contributed by atoms with Crippen LogP contribution in [0.3, 0.4) is 0 Å². The Bertz CT molecular complexity index is 738. The molecule has 1 N–H and O–H groups in total. The summed E-state index contributed by atoms with van der Waals surface area (Å²) in [4.78, 5) is 15.8. The van der Waals surface area contributed by atoms with Gasteiger partial charge in [-0.3, -0.25) is 14.2 Å². The quantitative estimate of drug-likeness (QED) is 0.719. The van der Waals surface area contributed by atoms with E-state index in [2.05, 4.69) is 20.5 Å². The monoisotopic (exact) mass is 281 g/mol. The largest absolute Gasteiger partial charge is 0.351 e. The number of fused-ring (bicyclic) bond motifs is 1. The van der Waals surface area contributed by atoms with E-state index in [9.17, 15) is 4.79 Å². The number of hydrogen-bond donors (Lipinski definition) is 1. The first-order valence-electron chi connectivity index (χ1n) is 6.82. The number of hydrogen-bond acceptors (Lipinski definition) is 4. The van der Waals surface area contributed by atoms with Crippen LogP contribution in [0.5, 0.6) is 0 Å². The van der Waals surface area contributed by atoms with Crippen molar-refractivity contribution in [3.8, 4) is 0 Å². The molecule has 0 fully saturated rings. The fraction of sp³-hybridized carbons (Fsp3) is 0.200. The van der Waals surface area contributed by atoms with Gasteiger partial charge in [-0.1, -0.05) is 12.1 Å². The molecule has 0 saturated carbocycles. The third-order valence-electron chi connectivity index (χ3n) is 3.14. The lowest BCUT2D eigenvalue weighted by atomic mass is 10.3. The van der Waals surface area contributed by atoms with E-state index in [1.165, 1.54) is 0 Å². The molecule has 6 heteroatoms. The van der Waals surface area contributed by atoms with Crippen LogP contribution in [0.2, 0.25) is 0 Å². The predicted molar refractivity (Wildman–Crippen MR) is 77.9 cm³/mol. The fourth-order valence-electron chi connectivity index (χ4n) is 2.10. The summed E-state index contributed by atoms with van der Waals surface area (Å²) in [5.41, 5.74) is 1.27. The maximum atomic E-state index is 11.8. The number of nitrogens with one attached hydrogen (secondary N) is 1. The molecule has 0 aliphatic carbocycles. The van der Waals surface area contributed by atoms with Gasteiger partial charge in [-0.2, -0.15) is 0 Å². The van der Waals surface area contributed by atoms with E-state index >= 15 is 0 Å². The molecular formula is C15H15N5O. The number of aromatic nitrogens is 4. The molecule has 0 aromatic carbocycles. The molecule has 0 spiro atoms. The molecule has 6 nitrogen and oxygen atoms in total. The van der Waals surface area contributed by atoms with Crippen molar-refractivity contribution in [2.75, 3.05) is 6.54 Å². The first kappa shape index (κ1) is 13.2. The second-order valence-electron chi connectivity index (χ2n) is 4.62. The van der Waals surface area contributed by atoms with Gasteiger partial charge < -0.3 is 5.32 Å². The Hall–Kier alpha value is -2.76. The Kier molecular flexibility index (Phi) is 3.86. The van der Waals surface area contributed by atoms with Crippen LogP contribution < -0.4 is 5.32 Å². The van der Waals surface area contributed by atoms with Gasteiger partial charge in [0.2, 0.25) is 0 Å². The molecule has 0 bridgehead atoms. The van der Waals surface area contributed by atoms with E-state index in [0.717, 1.165) is 24.3 Å². The summed E-state index contributed by atoms with van der Waals surface area (Å²) in [6, 6.07) is 11.1. The molecule has 3 rings (SSSR count). The third-order valence-corrected chi connectivity index (χ3v) is 3.14. The molecule has 21 heavy (non-hydrogen) atoms. The molecule has 1 amide bonds. The minimum Gasteiger partial charge on any atom is -0.351 e. The minimum atomic E-state index is -0.151.